The summed E-state index contributed by atoms with van der Waals surface area (Å²) in [6, 6.07) is 8.40. The Morgan fingerprint density at radius 3 is 2.63 bits per heavy atom. The van der Waals surface area contributed by atoms with Crippen molar-refractivity contribution in [2.75, 3.05) is 0 Å². The average Bonchev–Trinajstić information content (AvgIpc) is 3.05. The lowest BCUT2D eigenvalue weighted by molar-refractivity contribution is 0.342. The van der Waals surface area contributed by atoms with Gasteiger partial charge in [-0.3, -0.25) is 0 Å². The molecule has 1 aromatic heterocycles. The van der Waals surface area contributed by atoms with Gasteiger partial charge in [0.15, 0.2) is 5.82 Å². The van der Waals surface area contributed by atoms with E-state index in [0.717, 1.165) is 31.5 Å². The van der Waals surface area contributed by atoms with Crippen molar-refractivity contribution in [3.05, 3.63) is 47.1 Å². The first-order valence-corrected chi connectivity index (χ1v) is 6.93. The number of hydrogen-bond acceptors (Lipinski definition) is 4. The summed E-state index contributed by atoms with van der Waals surface area (Å²) in [5, 5.41) is 4.12. The second-order valence-electron chi connectivity index (χ2n) is 5.26. The zero-order chi connectivity index (χ0) is 13.2. The Hall–Kier alpha value is -1.68. The summed E-state index contributed by atoms with van der Waals surface area (Å²) in [6.07, 6.45) is 3.90. The van der Waals surface area contributed by atoms with Gasteiger partial charge in [-0.15, -0.1) is 0 Å². The van der Waals surface area contributed by atoms with Crippen molar-refractivity contribution in [2.24, 2.45) is 5.73 Å². The molecule has 0 saturated carbocycles. The highest BCUT2D eigenvalue weighted by Crippen LogP contribution is 2.32. The summed E-state index contributed by atoms with van der Waals surface area (Å²) in [5.74, 6) is 1.72. The molecule has 0 fully saturated rings. The van der Waals surface area contributed by atoms with Crippen molar-refractivity contribution in [3.63, 3.8) is 0 Å². The highest BCUT2D eigenvalue weighted by molar-refractivity contribution is 5.34. The molecule has 1 aliphatic rings. The molecule has 0 aliphatic heterocycles. The Balaban J connectivity index is 1.75. The van der Waals surface area contributed by atoms with Crippen LogP contribution >= 0.6 is 0 Å². The van der Waals surface area contributed by atoms with Crippen LogP contribution in [0.15, 0.2) is 28.8 Å². The normalized spacial score (nSPS) is 16.5. The molecule has 1 aliphatic carbocycles. The second kappa shape index (κ2) is 5.13. The number of fused-ring (bicyclic) bond motifs is 1. The molecule has 0 radical (unpaired) electrons. The van der Waals surface area contributed by atoms with Gasteiger partial charge in [0.05, 0.1) is 6.04 Å². The van der Waals surface area contributed by atoms with Gasteiger partial charge in [-0.05, 0) is 30.4 Å². The van der Waals surface area contributed by atoms with Gasteiger partial charge in [0.2, 0.25) is 5.89 Å². The Kier molecular flexibility index (Phi) is 3.34. The number of benzene rings is 1. The van der Waals surface area contributed by atoms with Crippen LogP contribution in [-0.4, -0.2) is 10.1 Å². The number of aromatic nitrogens is 2. The minimum atomic E-state index is -0.130. The van der Waals surface area contributed by atoms with E-state index in [1.54, 1.807) is 0 Å². The molecular weight excluding hydrogens is 238 g/mol. The summed E-state index contributed by atoms with van der Waals surface area (Å²) in [4.78, 5) is 4.49. The highest BCUT2D eigenvalue weighted by Gasteiger charge is 2.27. The standard InChI is InChI=1S/C15H19N3O/c1-2-5-13(16)15-17-14(18-19-15)12-8-10-6-3-4-7-11(10)9-12/h3-4,6-7,12-13H,2,5,8-9,16H2,1H3/t13-/m1/s1. The van der Waals surface area contributed by atoms with Crippen molar-refractivity contribution < 1.29 is 4.52 Å². The minimum Gasteiger partial charge on any atom is -0.338 e. The van der Waals surface area contributed by atoms with Gasteiger partial charge in [0.25, 0.3) is 0 Å². The molecule has 0 bridgehead atoms. The van der Waals surface area contributed by atoms with E-state index in [-0.39, 0.29) is 6.04 Å². The summed E-state index contributed by atoms with van der Waals surface area (Å²) in [6.45, 7) is 2.10. The minimum absolute atomic E-state index is 0.130. The van der Waals surface area contributed by atoms with Crippen LogP contribution in [-0.2, 0) is 12.8 Å². The van der Waals surface area contributed by atoms with E-state index >= 15 is 0 Å². The van der Waals surface area contributed by atoms with Crippen molar-refractivity contribution >= 4 is 0 Å². The van der Waals surface area contributed by atoms with Crippen LogP contribution in [0, 0.1) is 0 Å². The Morgan fingerprint density at radius 2 is 2.00 bits per heavy atom. The zero-order valence-electron chi connectivity index (χ0n) is 11.2. The van der Waals surface area contributed by atoms with Crippen LogP contribution in [0.25, 0.3) is 0 Å². The fraction of sp³-hybridized carbons (Fsp3) is 0.467. The third-order valence-electron chi connectivity index (χ3n) is 3.79. The predicted molar refractivity (Wildman–Crippen MR) is 72.7 cm³/mol. The number of rotatable bonds is 4. The van der Waals surface area contributed by atoms with E-state index in [1.807, 2.05) is 0 Å². The van der Waals surface area contributed by atoms with E-state index in [9.17, 15) is 0 Å². The summed E-state index contributed by atoms with van der Waals surface area (Å²) in [7, 11) is 0. The van der Waals surface area contributed by atoms with E-state index in [2.05, 4.69) is 41.3 Å². The lowest BCUT2D eigenvalue weighted by Gasteiger charge is -2.03. The predicted octanol–water partition coefficient (Wildman–Crippen LogP) is 2.75. The van der Waals surface area contributed by atoms with Crippen LogP contribution in [0.4, 0.5) is 0 Å². The van der Waals surface area contributed by atoms with E-state index in [1.165, 1.54) is 11.1 Å². The fourth-order valence-corrected chi connectivity index (χ4v) is 2.74. The molecule has 1 atom stereocenters. The molecule has 0 spiro atoms. The Bertz CT molecular complexity index is 539. The van der Waals surface area contributed by atoms with Gasteiger partial charge in [-0.1, -0.05) is 42.8 Å². The lowest BCUT2D eigenvalue weighted by atomic mass is 10.1. The molecule has 2 N–H and O–H groups in total. The topological polar surface area (TPSA) is 64.9 Å². The molecule has 1 heterocycles. The van der Waals surface area contributed by atoms with Gasteiger partial charge in [0.1, 0.15) is 0 Å². The van der Waals surface area contributed by atoms with Crippen LogP contribution in [0.2, 0.25) is 0 Å². The first-order valence-electron chi connectivity index (χ1n) is 6.93. The number of hydrogen-bond donors (Lipinski definition) is 1. The third-order valence-corrected chi connectivity index (χ3v) is 3.79. The lowest BCUT2D eigenvalue weighted by Crippen LogP contribution is -2.10. The van der Waals surface area contributed by atoms with Gasteiger partial charge < -0.3 is 10.3 Å². The molecule has 4 heteroatoms. The summed E-state index contributed by atoms with van der Waals surface area (Å²) < 4.78 is 5.30. The number of nitrogens with two attached hydrogens (primary N) is 1. The largest absolute Gasteiger partial charge is 0.338 e. The van der Waals surface area contributed by atoms with Gasteiger partial charge in [-0.2, -0.15) is 4.98 Å². The first-order chi connectivity index (χ1) is 9.28. The maximum Gasteiger partial charge on any atom is 0.243 e. The number of nitrogens with zero attached hydrogens (tertiary/aromatic N) is 2. The third kappa shape index (κ3) is 2.40. The van der Waals surface area contributed by atoms with Crippen LogP contribution < -0.4 is 5.73 Å². The molecule has 19 heavy (non-hydrogen) atoms. The monoisotopic (exact) mass is 257 g/mol. The molecule has 0 unspecified atom stereocenters. The van der Waals surface area contributed by atoms with Gasteiger partial charge >= 0.3 is 0 Å². The van der Waals surface area contributed by atoms with Gasteiger partial charge in [-0.25, -0.2) is 0 Å². The summed E-state index contributed by atoms with van der Waals surface area (Å²) >= 11 is 0. The van der Waals surface area contributed by atoms with E-state index < -0.39 is 0 Å². The molecule has 2 aromatic rings. The average molecular weight is 257 g/mol. The molecule has 0 saturated heterocycles. The second-order valence-corrected chi connectivity index (χ2v) is 5.26. The SMILES string of the molecule is CCC[C@@H](N)c1nc(C2Cc3ccccc3C2)no1. The quantitative estimate of drug-likeness (QED) is 0.914. The summed E-state index contributed by atoms with van der Waals surface area (Å²) in [5.41, 5.74) is 8.80. The fourth-order valence-electron chi connectivity index (χ4n) is 2.74. The van der Waals surface area contributed by atoms with Crippen molar-refractivity contribution in [3.8, 4) is 0 Å². The molecule has 4 nitrogen and oxygen atoms in total. The Labute approximate surface area is 113 Å². The van der Waals surface area contributed by atoms with Crippen LogP contribution in [0.1, 0.15) is 54.6 Å². The molecule has 100 valence electrons. The maximum absolute atomic E-state index is 6.01. The first kappa shape index (κ1) is 12.4. The van der Waals surface area contributed by atoms with Crippen molar-refractivity contribution in [2.45, 2.75) is 44.6 Å². The maximum atomic E-state index is 6.01. The molecule has 3 rings (SSSR count). The Morgan fingerprint density at radius 1 is 1.32 bits per heavy atom. The highest BCUT2D eigenvalue weighted by atomic mass is 16.5. The van der Waals surface area contributed by atoms with E-state index in [4.69, 9.17) is 10.3 Å². The van der Waals surface area contributed by atoms with Gasteiger partial charge in [0, 0.05) is 5.92 Å². The molecule has 1 aromatic carbocycles. The van der Waals surface area contributed by atoms with E-state index in [0.29, 0.717) is 11.8 Å². The van der Waals surface area contributed by atoms with Crippen LogP contribution in [0.3, 0.4) is 0 Å². The molecular formula is C15H19N3O. The van der Waals surface area contributed by atoms with Crippen molar-refractivity contribution in [1.82, 2.24) is 10.1 Å². The smallest absolute Gasteiger partial charge is 0.243 e. The molecule has 0 amide bonds. The zero-order valence-corrected chi connectivity index (χ0v) is 11.2. The van der Waals surface area contributed by atoms with Crippen molar-refractivity contribution in [1.29, 1.82) is 0 Å². The van der Waals surface area contributed by atoms with Crippen LogP contribution in [0.5, 0.6) is 0 Å².